The van der Waals surface area contributed by atoms with Crippen molar-refractivity contribution in [3.63, 3.8) is 0 Å². The van der Waals surface area contributed by atoms with E-state index in [1.807, 2.05) is 63.2 Å². The highest BCUT2D eigenvalue weighted by Gasteiger charge is 2.19. The van der Waals surface area contributed by atoms with E-state index >= 15 is 0 Å². The van der Waals surface area contributed by atoms with Gasteiger partial charge in [-0.05, 0) is 45.0 Å². The van der Waals surface area contributed by atoms with Crippen LogP contribution in [0.2, 0.25) is 0 Å². The molecule has 120 valence electrons. The van der Waals surface area contributed by atoms with Crippen LogP contribution in [-0.4, -0.2) is 25.9 Å². The first-order valence-electron chi connectivity index (χ1n) is 8.01. The number of benzene rings is 1. The Morgan fingerprint density at radius 1 is 1.04 bits per heavy atom. The van der Waals surface area contributed by atoms with E-state index in [0.29, 0.717) is 0 Å². The van der Waals surface area contributed by atoms with Gasteiger partial charge in [-0.15, -0.1) is 0 Å². The van der Waals surface area contributed by atoms with Crippen LogP contribution in [0.3, 0.4) is 0 Å². The van der Waals surface area contributed by atoms with Gasteiger partial charge in [0.1, 0.15) is 5.75 Å². The highest BCUT2D eigenvalue weighted by Crippen LogP contribution is 2.36. The van der Waals surface area contributed by atoms with E-state index in [2.05, 4.69) is 10.1 Å². The van der Waals surface area contributed by atoms with Crippen LogP contribution < -0.4 is 4.74 Å². The normalized spacial score (nSPS) is 11.5. The summed E-state index contributed by atoms with van der Waals surface area (Å²) < 4.78 is 7.94. The Hall–Kier alpha value is -2.95. The summed E-state index contributed by atoms with van der Waals surface area (Å²) in [5, 5.41) is 6.60. The summed E-state index contributed by atoms with van der Waals surface area (Å²) in [6, 6.07) is 13.8. The molecule has 4 rings (SSSR count). The van der Waals surface area contributed by atoms with Crippen molar-refractivity contribution in [3.8, 4) is 11.6 Å². The molecular formula is C19H18N4O. The summed E-state index contributed by atoms with van der Waals surface area (Å²) >= 11 is 0. The average Bonchev–Trinajstić information content (AvgIpc) is 2.92. The number of aromatic nitrogens is 4. The Labute approximate surface area is 139 Å². The van der Waals surface area contributed by atoms with Crippen LogP contribution in [0.15, 0.2) is 48.7 Å². The molecule has 0 saturated carbocycles. The van der Waals surface area contributed by atoms with Gasteiger partial charge >= 0.3 is 0 Å². The molecule has 0 aliphatic heterocycles. The minimum Gasteiger partial charge on any atom is -0.489 e. The summed E-state index contributed by atoms with van der Waals surface area (Å²) in [5.41, 5.74) is 2.53. The maximum Gasteiger partial charge on any atom is 0.169 e. The molecule has 0 bridgehead atoms. The zero-order valence-corrected chi connectivity index (χ0v) is 13.9. The molecule has 0 N–H and O–H groups in total. The summed E-state index contributed by atoms with van der Waals surface area (Å²) in [6.45, 7) is 6.03. The van der Waals surface area contributed by atoms with E-state index in [9.17, 15) is 0 Å². The van der Waals surface area contributed by atoms with Gasteiger partial charge in [0.2, 0.25) is 0 Å². The third-order valence-electron chi connectivity index (χ3n) is 3.86. The number of hydrogen-bond donors (Lipinski definition) is 0. The number of pyridine rings is 2. The van der Waals surface area contributed by atoms with Gasteiger partial charge in [0.05, 0.1) is 22.7 Å². The Kier molecular flexibility index (Phi) is 3.41. The third-order valence-corrected chi connectivity index (χ3v) is 3.86. The van der Waals surface area contributed by atoms with E-state index in [1.165, 1.54) is 0 Å². The minimum atomic E-state index is 0.0663. The molecule has 0 fully saturated rings. The topological polar surface area (TPSA) is 52.8 Å². The lowest BCUT2D eigenvalue weighted by molar-refractivity contribution is 0.248. The molecule has 0 radical (unpaired) electrons. The number of aryl methyl sites for hydroxylation is 1. The van der Waals surface area contributed by atoms with Crippen molar-refractivity contribution in [1.82, 2.24) is 19.7 Å². The van der Waals surface area contributed by atoms with Gasteiger partial charge in [-0.25, -0.2) is 9.97 Å². The van der Waals surface area contributed by atoms with Crippen LogP contribution in [0.5, 0.6) is 5.75 Å². The molecule has 0 saturated heterocycles. The number of ether oxygens (including phenoxy) is 1. The SMILES string of the molecule is Cc1nn(-c2ccccn2)c2nc3ccccc3c(OC(C)C)c12. The fraction of sp³-hybridized carbons (Fsp3) is 0.211. The highest BCUT2D eigenvalue weighted by molar-refractivity contribution is 6.01. The summed E-state index contributed by atoms with van der Waals surface area (Å²) in [6.07, 6.45) is 1.82. The van der Waals surface area contributed by atoms with Gasteiger partial charge < -0.3 is 4.74 Å². The second kappa shape index (κ2) is 5.60. The molecule has 0 aliphatic rings. The zero-order chi connectivity index (χ0) is 16.7. The first-order chi connectivity index (χ1) is 11.6. The number of para-hydroxylation sites is 1. The van der Waals surface area contributed by atoms with E-state index in [1.54, 1.807) is 10.9 Å². The van der Waals surface area contributed by atoms with Gasteiger partial charge in [-0.2, -0.15) is 9.78 Å². The minimum absolute atomic E-state index is 0.0663. The Bertz CT molecular complexity index is 1020. The van der Waals surface area contributed by atoms with Gasteiger partial charge in [0.15, 0.2) is 11.5 Å². The summed E-state index contributed by atoms with van der Waals surface area (Å²) in [4.78, 5) is 9.23. The van der Waals surface area contributed by atoms with Crippen LogP contribution >= 0.6 is 0 Å². The molecule has 0 unspecified atom stereocenters. The molecule has 0 amide bonds. The van der Waals surface area contributed by atoms with Gasteiger partial charge in [0, 0.05) is 11.6 Å². The molecule has 0 spiro atoms. The molecule has 4 aromatic rings. The molecule has 3 aromatic heterocycles. The second-order valence-electron chi connectivity index (χ2n) is 6.01. The fourth-order valence-electron chi connectivity index (χ4n) is 2.89. The summed E-state index contributed by atoms with van der Waals surface area (Å²) in [7, 11) is 0. The number of hydrogen-bond acceptors (Lipinski definition) is 4. The largest absolute Gasteiger partial charge is 0.489 e. The van der Waals surface area contributed by atoms with E-state index in [4.69, 9.17) is 9.72 Å². The van der Waals surface area contributed by atoms with Crippen molar-refractivity contribution in [2.75, 3.05) is 0 Å². The Morgan fingerprint density at radius 3 is 2.58 bits per heavy atom. The Morgan fingerprint density at radius 2 is 1.83 bits per heavy atom. The van der Waals surface area contributed by atoms with Crippen molar-refractivity contribution in [1.29, 1.82) is 0 Å². The van der Waals surface area contributed by atoms with Crippen LogP contribution in [0.1, 0.15) is 19.5 Å². The lowest BCUT2D eigenvalue weighted by Crippen LogP contribution is -2.07. The maximum absolute atomic E-state index is 6.16. The maximum atomic E-state index is 6.16. The van der Waals surface area contributed by atoms with Crippen LogP contribution in [0, 0.1) is 6.92 Å². The first-order valence-corrected chi connectivity index (χ1v) is 8.01. The van der Waals surface area contributed by atoms with Crippen molar-refractivity contribution in [2.45, 2.75) is 26.9 Å². The monoisotopic (exact) mass is 318 g/mol. The lowest BCUT2D eigenvalue weighted by atomic mass is 10.1. The molecule has 0 atom stereocenters. The van der Waals surface area contributed by atoms with Crippen molar-refractivity contribution < 1.29 is 4.74 Å². The molecule has 5 nitrogen and oxygen atoms in total. The van der Waals surface area contributed by atoms with Crippen molar-refractivity contribution >= 4 is 21.9 Å². The first kappa shape index (κ1) is 14.6. The van der Waals surface area contributed by atoms with Gasteiger partial charge in [-0.3, -0.25) is 0 Å². The Balaban J connectivity index is 2.11. The van der Waals surface area contributed by atoms with E-state index < -0.39 is 0 Å². The predicted molar refractivity (Wildman–Crippen MR) is 94.7 cm³/mol. The number of nitrogens with zero attached hydrogens (tertiary/aromatic N) is 4. The quantitative estimate of drug-likeness (QED) is 0.571. The number of fused-ring (bicyclic) bond motifs is 2. The third kappa shape index (κ3) is 2.29. The average molecular weight is 318 g/mol. The van der Waals surface area contributed by atoms with E-state index in [0.717, 1.165) is 39.2 Å². The predicted octanol–water partition coefficient (Wildman–Crippen LogP) is 4.06. The fourth-order valence-corrected chi connectivity index (χ4v) is 2.89. The van der Waals surface area contributed by atoms with E-state index in [-0.39, 0.29) is 6.10 Å². The van der Waals surface area contributed by atoms with Crippen LogP contribution in [-0.2, 0) is 0 Å². The molecule has 5 heteroatoms. The van der Waals surface area contributed by atoms with Gasteiger partial charge in [0.25, 0.3) is 0 Å². The lowest BCUT2D eigenvalue weighted by Gasteiger charge is -2.14. The standard InChI is InChI=1S/C19H18N4O/c1-12(2)24-18-14-8-4-5-9-15(14)21-19-17(18)13(3)22-23(19)16-10-6-7-11-20-16/h4-12H,1-3H3. The van der Waals surface area contributed by atoms with Gasteiger partial charge in [-0.1, -0.05) is 18.2 Å². The highest BCUT2D eigenvalue weighted by atomic mass is 16.5. The van der Waals surface area contributed by atoms with Crippen LogP contribution in [0.25, 0.3) is 27.8 Å². The summed E-state index contributed by atoms with van der Waals surface area (Å²) in [5.74, 6) is 1.58. The second-order valence-corrected chi connectivity index (χ2v) is 6.01. The van der Waals surface area contributed by atoms with Crippen LogP contribution in [0.4, 0.5) is 0 Å². The molecule has 1 aromatic carbocycles. The molecule has 24 heavy (non-hydrogen) atoms. The molecule has 3 heterocycles. The van der Waals surface area contributed by atoms with Crippen molar-refractivity contribution in [3.05, 3.63) is 54.4 Å². The smallest absolute Gasteiger partial charge is 0.169 e. The zero-order valence-electron chi connectivity index (χ0n) is 13.9. The number of rotatable bonds is 3. The molecular weight excluding hydrogens is 300 g/mol. The van der Waals surface area contributed by atoms with Crippen molar-refractivity contribution in [2.24, 2.45) is 0 Å². The molecule has 0 aliphatic carbocycles.